The fraction of sp³-hybridized carbons (Fsp3) is 0.400. The smallest absolute Gasteiger partial charge is 0.299 e. The van der Waals surface area contributed by atoms with Crippen molar-refractivity contribution in [3.8, 4) is 11.1 Å². The summed E-state index contributed by atoms with van der Waals surface area (Å²) in [7, 11) is 0. The molecule has 1 fully saturated rings. The lowest BCUT2D eigenvalue weighted by Crippen LogP contribution is -2.38. The lowest BCUT2D eigenvalue weighted by molar-refractivity contribution is -0.137. The van der Waals surface area contributed by atoms with Crippen LogP contribution in [0, 0.1) is 12.8 Å². The van der Waals surface area contributed by atoms with Crippen LogP contribution < -0.4 is 0 Å². The monoisotopic (exact) mass is 479 g/mol. The third kappa shape index (κ3) is 5.05. The first kappa shape index (κ1) is 25.2. The molecule has 5 heteroatoms. The van der Waals surface area contributed by atoms with Crippen LogP contribution >= 0.6 is 0 Å². The lowest BCUT2D eigenvalue weighted by Gasteiger charge is -2.44. The molecule has 35 heavy (non-hydrogen) atoms. The SMILES string of the molecule is CC.Cc1cc2c(cn1)CC1(CCC(C(=O)Cc3ccc(C(F)(F)F)cc3)CC1)c1ccccc1-2. The summed E-state index contributed by atoms with van der Waals surface area (Å²) < 4.78 is 38.4. The maximum Gasteiger partial charge on any atom is 0.416 e. The van der Waals surface area contributed by atoms with Gasteiger partial charge in [0, 0.05) is 29.6 Å². The highest BCUT2D eigenvalue weighted by molar-refractivity contribution is 5.83. The summed E-state index contributed by atoms with van der Waals surface area (Å²) in [5.74, 6) is 0.0917. The number of aryl methyl sites for hydroxylation is 1. The Morgan fingerprint density at radius 3 is 2.31 bits per heavy atom. The van der Waals surface area contributed by atoms with Gasteiger partial charge in [-0.2, -0.15) is 13.2 Å². The van der Waals surface area contributed by atoms with Crippen molar-refractivity contribution >= 4 is 5.78 Å². The number of pyridine rings is 1. The third-order valence-electron chi connectivity index (χ3n) is 7.50. The Balaban J connectivity index is 0.00000141. The van der Waals surface area contributed by atoms with E-state index >= 15 is 0 Å². The molecular weight excluding hydrogens is 447 g/mol. The minimum absolute atomic E-state index is 0.0195. The van der Waals surface area contributed by atoms with Gasteiger partial charge in [0.1, 0.15) is 5.78 Å². The average Bonchev–Trinajstić information content (AvgIpc) is 2.86. The van der Waals surface area contributed by atoms with Crippen LogP contribution in [0.2, 0.25) is 0 Å². The van der Waals surface area contributed by atoms with E-state index in [0.29, 0.717) is 5.56 Å². The molecular formula is C30H32F3NO. The number of nitrogens with zero attached hydrogens (tertiary/aromatic N) is 1. The summed E-state index contributed by atoms with van der Waals surface area (Å²) in [6.07, 6.45) is 2.25. The Hall–Kier alpha value is -2.95. The van der Waals surface area contributed by atoms with E-state index in [1.54, 1.807) is 0 Å². The summed E-state index contributed by atoms with van der Waals surface area (Å²) in [6, 6.07) is 15.7. The van der Waals surface area contributed by atoms with Gasteiger partial charge in [-0.3, -0.25) is 9.78 Å². The Morgan fingerprint density at radius 2 is 1.66 bits per heavy atom. The second-order valence-electron chi connectivity index (χ2n) is 9.60. The van der Waals surface area contributed by atoms with Crippen molar-refractivity contribution in [1.29, 1.82) is 0 Å². The van der Waals surface area contributed by atoms with Crippen LogP contribution in [0.5, 0.6) is 0 Å². The lowest BCUT2D eigenvalue weighted by atomic mass is 9.59. The Morgan fingerprint density at radius 1 is 1.00 bits per heavy atom. The summed E-state index contributed by atoms with van der Waals surface area (Å²) in [5, 5.41) is 0. The molecule has 1 spiro atoms. The number of hydrogen-bond donors (Lipinski definition) is 0. The van der Waals surface area contributed by atoms with Gasteiger partial charge in [0.05, 0.1) is 5.56 Å². The predicted octanol–water partition coefficient (Wildman–Crippen LogP) is 7.90. The number of carbonyl (C=O) groups is 1. The van der Waals surface area contributed by atoms with Crippen molar-refractivity contribution in [3.05, 3.63) is 88.7 Å². The highest BCUT2D eigenvalue weighted by Gasteiger charge is 2.42. The number of rotatable bonds is 3. The number of Topliss-reactive ketones (excluding diaryl/α,β-unsaturated/α-hetero) is 1. The van der Waals surface area contributed by atoms with Crippen molar-refractivity contribution in [1.82, 2.24) is 4.98 Å². The molecule has 1 heterocycles. The van der Waals surface area contributed by atoms with Gasteiger partial charge in [0.25, 0.3) is 0 Å². The number of fused-ring (bicyclic) bond motifs is 4. The molecule has 2 aliphatic carbocycles. The van der Waals surface area contributed by atoms with Gasteiger partial charge in [-0.25, -0.2) is 0 Å². The van der Waals surface area contributed by atoms with E-state index in [9.17, 15) is 18.0 Å². The molecule has 1 aromatic heterocycles. The number of hydrogen-bond acceptors (Lipinski definition) is 2. The van der Waals surface area contributed by atoms with E-state index < -0.39 is 11.7 Å². The van der Waals surface area contributed by atoms with E-state index in [-0.39, 0.29) is 23.5 Å². The van der Waals surface area contributed by atoms with Gasteiger partial charge in [0.2, 0.25) is 0 Å². The summed E-state index contributed by atoms with van der Waals surface area (Å²) in [6.45, 7) is 6.01. The van der Waals surface area contributed by atoms with E-state index in [1.165, 1.54) is 34.4 Å². The highest BCUT2D eigenvalue weighted by atomic mass is 19.4. The van der Waals surface area contributed by atoms with Gasteiger partial charge in [0.15, 0.2) is 0 Å². The van der Waals surface area contributed by atoms with E-state index in [4.69, 9.17) is 0 Å². The van der Waals surface area contributed by atoms with Gasteiger partial charge in [-0.15, -0.1) is 0 Å². The molecule has 2 aliphatic rings. The molecule has 184 valence electrons. The van der Waals surface area contributed by atoms with Crippen LogP contribution in [0.25, 0.3) is 11.1 Å². The molecule has 2 nitrogen and oxygen atoms in total. The molecule has 5 rings (SSSR count). The van der Waals surface area contributed by atoms with Crippen LogP contribution in [0.15, 0.2) is 60.8 Å². The van der Waals surface area contributed by atoms with Crippen molar-refractivity contribution < 1.29 is 18.0 Å². The Bertz CT molecular complexity index is 1190. The summed E-state index contributed by atoms with van der Waals surface area (Å²) in [5.41, 5.74) is 6.18. The fourth-order valence-corrected chi connectivity index (χ4v) is 5.72. The second-order valence-corrected chi connectivity index (χ2v) is 9.60. The average molecular weight is 480 g/mol. The number of ketones is 1. The molecule has 0 bridgehead atoms. The number of alkyl halides is 3. The predicted molar refractivity (Wildman–Crippen MR) is 133 cm³/mol. The van der Waals surface area contributed by atoms with Crippen molar-refractivity contribution in [3.63, 3.8) is 0 Å². The zero-order valence-electron chi connectivity index (χ0n) is 20.6. The highest BCUT2D eigenvalue weighted by Crippen LogP contribution is 2.51. The van der Waals surface area contributed by atoms with Gasteiger partial charge in [-0.1, -0.05) is 50.2 Å². The van der Waals surface area contributed by atoms with E-state index in [2.05, 4.69) is 35.3 Å². The Labute approximate surface area is 205 Å². The molecule has 0 saturated heterocycles. The zero-order valence-corrected chi connectivity index (χ0v) is 20.6. The van der Waals surface area contributed by atoms with Crippen LogP contribution in [0.3, 0.4) is 0 Å². The van der Waals surface area contributed by atoms with Gasteiger partial charge in [-0.05, 0) is 85.0 Å². The molecule has 2 aromatic carbocycles. The fourth-order valence-electron chi connectivity index (χ4n) is 5.72. The number of benzene rings is 2. The zero-order chi connectivity index (χ0) is 25.2. The number of carbonyl (C=O) groups excluding carboxylic acids is 1. The molecule has 0 amide bonds. The minimum atomic E-state index is -4.36. The van der Waals surface area contributed by atoms with Crippen LogP contribution in [-0.2, 0) is 29.2 Å². The molecule has 3 aromatic rings. The minimum Gasteiger partial charge on any atom is -0.299 e. The summed E-state index contributed by atoms with van der Waals surface area (Å²) >= 11 is 0. The molecule has 1 saturated carbocycles. The normalized spacial score (nSPS) is 20.9. The topological polar surface area (TPSA) is 30.0 Å². The third-order valence-corrected chi connectivity index (χ3v) is 7.50. The summed E-state index contributed by atoms with van der Waals surface area (Å²) in [4.78, 5) is 17.5. The molecule has 0 N–H and O–H groups in total. The Kier molecular flexibility index (Phi) is 7.16. The first-order valence-corrected chi connectivity index (χ1v) is 12.5. The molecule has 0 radical (unpaired) electrons. The second kappa shape index (κ2) is 9.96. The molecule has 0 unspecified atom stereocenters. The molecule has 0 atom stereocenters. The van der Waals surface area contributed by atoms with E-state index in [0.717, 1.165) is 49.9 Å². The number of aromatic nitrogens is 1. The van der Waals surface area contributed by atoms with Crippen molar-refractivity contribution in [2.45, 2.75) is 70.9 Å². The van der Waals surface area contributed by atoms with Crippen LogP contribution in [0.4, 0.5) is 13.2 Å². The first-order valence-electron chi connectivity index (χ1n) is 12.5. The standard InChI is InChI=1S/C28H26F3NO.C2H6/c1-18-14-24-21(17-32-18)16-27(25-5-3-2-4-23(24)25)12-10-20(11-13-27)26(33)15-19-6-8-22(9-7-19)28(29,30)31;1-2/h2-9,14,17,20H,10-13,15-16H2,1H3;1-2H3. The maximum absolute atomic E-state index is 13.0. The number of halogens is 3. The molecule has 0 aliphatic heterocycles. The van der Waals surface area contributed by atoms with Crippen LogP contribution in [-0.4, -0.2) is 10.8 Å². The first-order chi connectivity index (χ1) is 16.7. The van der Waals surface area contributed by atoms with Crippen molar-refractivity contribution in [2.24, 2.45) is 5.92 Å². The van der Waals surface area contributed by atoms with Gasteiger partial charge >= 0.3 is 6.18 Å². The maximum atomic E-state index is 13.0. The van der Waals surface area contributed by atoms with E-state index in [1.807, 2.05) is 27.0 Å². The van der Waals surface area contributed by atoms with Gasteiger partial charge < -0.3 is 0 Å². The largest absolute Gasteiger partial charge is 0.416 e. The van der Waals surface area contributed by atoms with Crippen LogP contribution in [0.1, 0.15) is 67.5 Å². The quantitative estimate of drug-likeness (QED) is 0.382. The van der Waals surface area contributed by atoms with Crippen molar-refractivity contribution in [2.75, 3.05) is 0 Å².